The highest BCUT2D eigenvalue weighted by Crippen LogP contribution is 2.16. The van der Waals surface area contributed by atoms with Crippen LogP contribution in [0.3, 0.4) is 0 Å². The van der Waals surface area contributed by atoms with E-state index in [4.69, 9.17) is 11.6 Å². The quantitative estimate of drug-likeness (QED) is 0.594. The number of esters is 1. The van der Waals surface area contributed by atoms with Gasteiger partial charge in [-0.2, -0.15) is 0 Å². The van der Waals surface area contributed by atoms with E-state index in [9.17, 15) is 13.2 Å². The summed E-state index contributed by atoms with van der Waals surface area (Å²) in [5.74, 6) is 0.132. The Balaban J connectivity index is 2.50. The van der Waals surface area contributed by atoms with E-state index in [2.05, 4.69) is 4.74 Å². The van der Waals surface area contributed by atoms with E-state index in [1.807, 2.05) is 0 Å². The van der Waals surface area contributed by atoms with Crippen LogP contribution in [0.15, 0.2) is 29.2 Å². The van der Waals surface area contributed by atoms with E-state index in [1.165, 1.54) is 43.1 Å². The van der Waals surface area contributed by atoms with Crippen molar-refractivity contribution in [1.82, 2.24) is 0 Å². The highest BCUT2D eigenvalue weighted by molar-refractivity contribution is 8.01. The molecule has 0 unspecified atom stereocenters. The molecule has 0 atom stereocenters. The number of rotatable bonds is 6. The first kappa shape index (κ1) is 15.3. The Kier molecular flexibility index (Phi) is 5.98. The number of benzene rings is 1. The molecule has 0 spiro atoms. The summed E-state index contributed by atoms with van der Waals surface area (Å²) in [4.78, 5) is 11.1. The molecule has 0 saturated heterocycles. The van der Waals surface area contributed by atoms with E-state index in [0.717, 1.165) is 0 Å². The molecule has 0 aliphatic rings. The van der Waals surface area contributed by atoms with Gasteiger partial charge in [-0.15, -0.1) is 11.8 Å². The lowest BCUT2D eigenvalue weighted by Gasteiger charge is -2.04. The zero-order valence-corrected chi connectivity index (χ0v) is 12.1. The van der Waals surface area contributed by atoms with Gasteiger partial charge >= 0.3 is 5.97 Å². The van der Waals surface area contributed by atoms with Gasteiger partial charge in [-0.3, -0.25) is 4.79 Å². The average Bonchev–Trinajstić information content (AvgIpc) is 2.35. The number of carbonyl (C=O) groups is 1. The summed E-state index contributed by atoms with van der Waals surface area (Å²) >= 11 is 6.92. The van der Waals surface area contributed by atoms with E-state index in [1.54, 1.807) is 0 Å². The molecule has 18 heavy (non-hydrogen) atoms. The predicted molar refractivity (Wildman–Crippen MR) is 72.8 cm³/mol. The Morgan fingerprint density at radius 3 is 2.50 bits per heavy atom. The van der Waals surface area contributed by atoms with Crippen LogP contribution in [0.5, 0.6) is 0 Å². The number of hydrogen-bond donors (Lipinski definition) is 0. The molecule has 100 valence electrons. The van der Waals surface area contributed by atoms with Crippen LogP contribution in [0.25, 0.3) is 0 Å². The summed E-state index contributed by atoms with van der Waals surface area (Å²) in [5.41, 5.74) is 0. The molecule has 1 aromatic rings. The normalized spacial score (nSPS) is 11.2. The van der Waals surface area contributed by atoms with E-state index >= 15 is 0 Å². The second-order valence-electron chi connectivity index (χ2n) is 3.40. The second kappa shape index (κ2) is 7.01. The molecule has 4 nitrogen and oxygen atoms in total. The first-order valence-electron chi connectivity index (χ1n) is 5.08. The van der Waals surface area contributed by atoms with Crippen LogP contribution in [0, 0.1) is 0 Å². The highest BCUT2D eigenvalue weighted by atomic mass is 35.5. The maximum Gasteiger partial charge on any atom is 0.315 e. The van der Waals surface area contributed by atoms with Crippen molar-refractivity contribution >= 4 is 39.2 Å². The molecule has 0 N–H and O–H groups in total. The van der Waals surface area contributed by atoms with E-state index in [-0.39, 0.29) is 22.4 Å². The van der Waals surface area contributed by atoms with Gasteiger partial charge in [0.1, 0.15) is 0 Å². The number of sulfone groups is 1. The third kappa shape index (κ3) is 4.88. The number of carbonyl (C=O) groups excluding carboxylic acids is 1. The summed E-state index contributed by atoms with van der Waals surface area (Å²) in [6, 6.07) is 6.03. The van der Waals surface area contributed by atoms with Crippen molar-refractivity contribution in [2.75, 3.05) is 24.4 Å². The second-order valence-corrected chi connectivity index (χ2v) is 7.05. The maximum absolute atomic E-state index is 11.9. The fourth-order valence-electron chi connectivity index (χ4n) is 1.14. The minimum atomic E-state index is -3.31. The lowest BCUT2D eigenvalue weighted by Crippen LogP contribution is -2.11. The number of hydrogen-bond acceptors (Lipinski definition) is 5. The highest BCUT2D eigenvalue weighted by Gasteiger charge is 2.14. The molecule has 0 fully saturated rings. The summed E-state index contributed by atoms with van der Waals surface area (Å²) in [5, 5.41) is 0.494. The Morgan fingerprint density at radius 2 is 1.94 bits per heavy atom. The molecule has 0 amide bonds. The SMILES string of the molecule is COC(=O)CSCCS(=O)(=O)c1ccc(Cl)cc1. The first-order valence-corrected chi connectivity index (χ1v) is 8.27. The third-order valence-electron chi connectivity index (χ3n) is 2.12. The zero-order valence-electron chi connectivity index (χ0n) is 9.76. The predicted octanol–water partition coefficient (Wildman–Crippen LogP) is 2.02. The largest absolute Gasteiger partial charge is 0.468 e. The summed E-state index contributed by atoms with van der Waals surface area (Å²) in [6.07, 6.45) is 0. The Bertz CT molecular complexity index is 496. The van der Waals surface area contributed by atoms with Crippen LogP contribution in [-0.4, -0.2) is 38.8 Å². The van der Waals surface area contributed by atoms with Crippen molar-refractivity contribution in [2.24, 2.45) is 0 Å². The molecule has 1 aromatic carbocycles. The van der Waals surface area contributed by atoms with Crippen LogP contribution >= 0.6 is 23.4 Å². The van der Waals surface area contributed by atoms with Gasteiger partial charge in [0, 0.05) is 10.8 Å². The van der Waals surface area contributed by atoms with Gasteiger partial charge in [-0.05, 0) is 24.3 Å². The summed E-state index contributed by atoms with van der Waals surface area (Å²) in [6.45, 7) is 0. The third-order valence-corrected chi connectivity index (χ3v) is 5.29. The Morgan fingerprint density at radius 1 is 1.33 bits per heavy atom. The molecule has 0 radical (unpaired) electrons. The number of methoxy groups -OCH3 is 1. The molecule has 0 aliphatic carbocycles. The van der Waals surface area contributed by atoms with Crippen molar-refractivity contribution in [3.63, 3.8) is 0 Å². The molecule has 0 heterocycles. The summed E-state index contributed by atoms with van der Waals surface area (Å²) < 4.78 is 28.2. The van der Waals surface area contributed by atoms with Crippen molar-refractivity contribution < 1.29 is 17.9 Å². The number of halogens is 1. The number of thioether (sulfide) groups is 1. The van der Waals surface area contributed by atoms with Crippen molar-refractivity contribution in [3.8, 4) is 0 Å². The van der Waals surface area contributed by atoms with E-state index in [0.29, 0.717) is 10.8 Å². The van der Waals surface area contributed by atoms with Crippen molar-refractivity contribution in [1.29, 1.82) is 0 Å². The lowest BCUT2D eigenvalue weighted by molar-refractivity contribution is -0.137. The maximum atomic E-state index is 11.9. The zero-order chi connectivity index (χ0) is 13.6. The van der Waals surface area contributed by atoms with Gasteiger partial charge in [0.25, 0.3) is 0 Å². The van der Waals surface area contributed by atoms with Gasteiger partial charge in [0.05, 0.1) is 23.5 Å². The molecular weight excluding hydrogens is 296 g/mol. The van der Waals surface area contributed by atoms with Gasteiger partial charge < -0.3 is 4.74 Å². The van der Waals surface area contributed by atoms with Crippen LogP contribution in [0.4, 0.5) is 0 Å². The molecular formula is C11H13ClO4S2. The molecule has 0 aliphatic heterocycles. The smallest absolute Gasteiger partial charge is 0.315 e. The molecule has 1 rings (SSSR count). The van der Waals surface area contributed by atoms with Gasteiger partial charge in [-0.1, -0.05) is 11.6 Å². The molecule has 0 bridgehead atoms. The standard InChI is InChI=1S/C11H13ClO4S2/c1-16-11(13)8-17-6-7-18(14,15)10-4-2-9(12)3-5-10/h2-5H,6-8H2,1H3. The van der Waals surface area contributed by atoms with Gasteiger partial charge in [0.2, 0.25) is 0 Å². The van der Waals surface area contributed by atoms with Crippen LogP contribution < -0.4 is 0 Å². The monoisotopic (exact) mass is 308 g/mol. The first-order chi connectivity index (χ1) is 8.45. The molecule has 0 saturated carbocycles. The van der Waals surface area contributed by atoms with E-state index < -0.39 is 9.84 Å². The summed E-state index contributed by atoms with van der Waals surface area (Å²) in [7, 11) is -2.01. The lowest BCUT2D eigenvalue weighted by atomic mass is 10.4. The van der Waals surface area contributed by atoms with Crippen LogP contribution in [0.1, 0.15) is 0 Å². The Labute approximate surface area is 116 Å². The minimum absolute atomic E-state index is 0.0176. The topological polar surface area (TPSA) is 60.4 Å². The van der Waals surface area contributed by atoms with Crippen LogP contribution in [-0.2, 0) is 19.4 Å². The van der Waals surface area contributed by atoms with Crippen molar-refractivity contribution in [2.45, 2.75) is 4.90 Å². The molecule has 0 aromatic heterocycles. The Hall–Kier alpha value is -0.720. The van der Waals surface area contributed by atoms with Crippen molar-refractivity contribution in [3.05, 3.63) is 29.3 Å². The van der Waals surface area contributed by atoms with Gasteiger partial charge in [-0.25, -0.2) is 8.42 Å². The minimum Gasteiger partial charge on any atom is -0.468 e. The fourth-order valence-corrected chi connectivity index (χ4v) is 3.83. The average molecular weight is 309 g/mol. The van der Waals surface area contributed by atoms with Gasteiger partial charge in [0.15, 0.2) is 9.84 Å². The molecule has 7 heteroatoms. The number of ether oxygens (including phenoxy) is 1. The van der Waals surface area contributed by atoms with Crippen LogP contribution in [0.2, 0.25) is 5.02 Å². The fraction of sp³-hybridized carbons (Fsp3) is 0.364.